The fraction of sp³-hybridized carbons (Fsp3) is 0.200. The summed E-state index contributed by atoms with van der Waals surface area (Å²) in [5.74, 6) is -1.19. The fourth-order valence-corrected chi connectivity index (χ4v) is 2.18. The minimum atomic E-state index is -4.59. The quantitative estimate of drug-likeness (QED) is 0.213. The molecule has 1 fully saturated rings. The van der Waals surface area contributed by atoms with E-state index in [1.54, 1.807) is 0 Å². The third-order valence-corrected chi connectivity index (χ3v) is 3.35. The van der Waals surface area contributed by atoms with Crippen LogP contribution < -0.4 is 16.8 Å². The third-order valence-electron chi connectivity index (χ3n) is 3.35. The topological polar surface area (TPSA) is 152 Å². The number of nitrogens with two attached hydrogens (primary N) is 1. The number of benzene rings is 1. The van der Waals surface area contributed by atoms with Gasteiger partial charge in [-0.15, -0.1) is 5.06 Å². The van der Waals surface area contributed by atoms with Gasteiger partial charge < -0.3 is 15.0 Å². The molecular formula is C15H12F3N3O7. The molecule has 4 N–H and O–H groups in total. The summed E-state index contributed by atoms with van der Waals surface area (Å²) in [6, 6.07) is 4.11. The third kappa shape index (κ3) is 4.76. The maximum absolute atomic E-state index is 12.6. The molecule has 10 nitrogen and oxygen atoms in total. The van der Waals surface area contributed by atoms with Gasteiger partial charge >= 0.3 is 17.9 Å². The number of carbonyl (C=O) groups is 3. The number of carbonyl (C=O) groups excluding carboxylic acids is 3. The Morgan fingerprint density at radius 3 is 2.32 bits per heavy atom. The molecule has 0 spiro atoms. The number of nitrogens with zero attached hydrogens (tertiary/aromatic N) is 1. The van der Waals surface area contributed by atoms with Crippen LogP contribution in [0.25, 0.3) is 11.0 Å². The molecule has 0 saturated carbocycles. The molecule has 28 heavy (non-hydrogen) atoms. The summed E-state index contributed by atoms with van der Waals surface area (Å²) in [5, 5.41) is 8.14. The van der Waals surface area contributed by atoms with Crippen LogP contribution in [0.15, 0.2) is 33.5 Å². The van der Waals surface area contributed by atoms with E-state index >= 15 is 0 Å². The molecule has 1 aliphatic heterocycles. The zero-order chi connectivity index (χ0) is 21.1. The molecule has 3 rings (SSSR count). The second-order valence-corrected chi connectivity index (χ2v) is 5.30. The maximum Gasteiger partial charge on any atom is 0.456 e. The van der Waals surface area contributed by atoms with Gasteiger partial charge in [-0.3, -0.25) is 14.8 Å². The molecule has 0 bridgehead atoms. The molecule has 1 aromatic heterocycles. The van der Waals surface area contributed by atoms with Crippen molar-refractivity contribution in [1.82, 2.24) is 10.5 Å². The number of alkyl halides is 3. The van der Waals surface area contributed by atoms with E-state index in [9.17, 15) is 32.3 Å². The number of hydroxylamine groups is 3. The SMILES string of the molecule is Nc1ccc2c(C(F)(F)F)cc(=O)oc2c1.O=C(NO)ON1C(=O)CCC1=O. The molecule has 0 aliphatic carbocycles. The van der Waals surface area contributed by atoms with Crippen molar-refractivity contribution in [3.63, 3.8) is 0 Å². The lowest BCUT2D eigenvalue weighted by Gasteiger charge is -2.10. The first kappa shape index (κ1) is 20.7. The van der Waals surface area contributed by atoms with E-state index in [2.05, 4.69) is 9.25 Å². The van der Waals surface area contributed by atoms with E-state index in [0.29, 0.717) is 11.1 Å². The summed E-state index contributed by atoms with van der Waals surface area (Å²) in [7, 11) is 0. The minimum absolute atomic E-state index is 0.0253. The van der Waals surface area contributed by atoms with Crippen molar-refractivity contribution in [2.24, 2.45) is 0 Å². The number of nitrogen functional groups attached to an aromatic ring is 1. The van der Waals surface area contributed by atoms with Crippen molar-refractivity contribution in [2.45, 2.75) is 19.0 Å². The van der Waals surface area contributed by atoms with Gasteiger partial charge in [0.2, 0.25) is 0 Å². The van der Waals surface area contributed by atoms with Gasteiger partial charge in [-0.25, -0.2) is 15.1 Å². The normalized spacial score (nSPS) is 13.9. The molecule has 13 heteroatoms. The highest BCUT2D eigenvalue weighted by molar-refractivity contribution is 6.01. The Morgan fingerprint density at radius 1 is 1.18 bits per heavy atom. The van der Waals surface area contributed by atoms with E-state index < -0.39 is 35.3 Å². The number of imide groups is 1. The maximum atomic E-state index is 12.6. The Morgan fingerprint density at radius 2 is 1.79 bits per heavy atom. The molecule has 1 aliphatic rings. The first-order chi connectivity index (χ1) is 13.0. The van der Waals surface area contributed by atoms with Crippen molar-refractivity contribution >= 4 is 34.6 Å². The van der Waals surface area contributed by atoms with Gasteiger partial charge in [0.05, 0.1) is 5.56 Å². The number of hydrogen-bond acceptors (Lipinski definition) is 8. The van der Waals surface area contributed by atoms with Crippen LogP contribution >= 0.6 is 0 Å². The van der Waals surface area contributed by atoms with Crippen LogP contribution in [0.1, 0.15) is 18.4 Å². The number of halogens is 3. The van der Waals surface area contributed by atoms with E-state index in [1.165, 1.54) is 18.2 Å². The zero-order valence-electron chi connectivity index (χ0n) is 13.8. The number of rotatable bonds is 1. The molecule has 0 atom stereocenters. The van der Waals surface area contributed by atoms with E-state index in [1.807, 2.05) is 0 Å². The van der Waals surface area contributed by atoms with Crippen molar-refractivity contribution < 1.29 is 42.0 Å². The first-order valence-electron chi connectivity index (χ1n) is 7.41. The van der Waals surface area contributed by atoms with Crippen LogP contribution in [0.4, 0.5) is 23.7 Å². The van der Waals surface area contributed by atoms with Crippen molar-refractivity contribution in [3.05, 3.63) is 40.2 Å². The number of nitrogens with one attached hydrogen (secondary N) is 1. The second-order valence-electron chi connectivity index (χ2n) is 5.30. The minimum Gasteiger partial charge on any atom is -0.423 e. The number of anilines is 1. The fourth-order valence-electron chi connectivity index (χ4n) is 2.18. The summed E-state index contributed by atoms with van der Waals surface area (Å²) in [4.78, 5) is 46.9. The average molecular weight is 403 g/mol. The standard InChI is InChI=1S/C10H6F3NO2.C5H6N2O5/c11-10(12,13)7-4-9(15)16-8-3-5(14)1-2-6(7)8;8-3-1-2-4(9)7(3)12-5(10)6-11/h1-4H,14H2;11H,1-2H2,(H,6,10). The highest BCUT2D eigenvalue weighted by Gasteiger charge is 2.34. The van der Waals surface area contributed by atoms with Crippen molar-refractivity contribution in [2.75, 3.05) is 5.73 Å². The molecular weight excluding hydrogens is 391 g/mol. The van der Waals surface area contributed by atoms with E-state index in [0.717, 1.165) is 5.48 Å². The van der Waals surface area contributed by atoms with Gasteiger partial charge in [-0.2, -0.15) is 13.2 Å². The number of fused-ring (bicyclic) bond motifs is 1. The highest BCUT2D eigenvalue weighted by atomic mass is 19.4. The Balaban J connectivity index is 0.000000209. The van der Waals surface area contributed by atoms with Gasteiger partial charge in [0.1, 0.15) is 5.58 Å². The second kappa shape index (κ2) is 7.96. The van der Waals surface area contributed by atoms with Gasteiger partial charge in [0.25, 0.3) is 11.8 Å². The zero-order valence-corrected chi connectivity index (χ0v) is 13.8. The lowest BCUT2D eigenvalue weighted by molar-refractivity contribution is -0.173. The van der Waals surface area contributed by atoms with Gasteiger partial charge in [-0.05, 0) is 12.1 Å². The van der Waals surface area contributed by atoms with Crippen molar-refractivity contribution in [3.8, 4) is 0 Å². The Labute approximate surface area is 153 Å². The highest BCUT2D eigenvalue weighted by Crippen LogP contribution is 2.34. The molecule has 2 aromatic rings. The van der Waals surface area contributed by atoms with Crippen LogP contribution in [-0.2, 0) is 20.6 Å². The molecule has 3 amide bonds. The lowest BCUT2D eigenvalue weighted by atomic mass is 10.1. The van der Waals surface area contributed by atoms with Gasteiger partial charge in [-0.1, -0.05) is 0 Å². The van der Waals surface area contributed by atoms with E-state index in [-0.39, 0.29) is 29.5 Å². The number of hydrogen-bond donors (Lipinski definition) is 3. The molecule has 150 valence electrons. The average Bonchev–Trinajstić information content (AvgIpc) is 2.92. The first-order valence-corrected chi connectivity index (χ1v) is 7.41. The lowest BCUT2D eigenvalue weighted by Crippen LogP contribution is -2.35. The van der Waals surface area contributed by atoms with Gasteiger partial charge in [0.15, 0.2) is 0 Å². The summed E-state index contributed by atoms with van der Waals surface area (Å²) >= 11 is 0. The molecule has 1 saturated heterocycles. The van der Waals surface area contributed by atoms with Crippen LogP contribution in [0.3, 0.4) is 0 Å². The Kier molecular flexibility index (Phi) is 5.88. The molecule has 2 heterocycles. The monoisotopic (exact) mass is 403 g/mol. The summed E-state index contributed by atoms with van der Waals surface area (Å²) in [6.07, 6.45) is -5.81. The van der Waals surface area contributed by atoms with Crippen LogP contribution in [-0.4, -0.2) is 28.2 Å². The summed E-state index contributed by atoms with van der Waals surface area (Å²) in [6.45, 7) is 0. The molecule has 0 unspecified atom stereocenters. The van der Waals surface area contributed by atoms with Crippen LogP contribution in [0.5, 0.6) is 0 Å². The summed E-state index contributed by atoms with van der Waals surface area (Å²) < 4.78 is 42.4. The predicted molar refractivity (Wildman–Crippen MR) is 84.4 cm³/mol. The van der Waals surface area contributed by atoms with Crippen LogP contribution in [0.2, 0.25) is 0 Å². The summed E-state index contributed by atoms with van der Waals surface area (Å²) in [5.41, 5.74) is 4.51. The van der Waals surface area contributed by atoms with Gasteiger partial charge in [0, 0.05) is 36.0 Å². The Bertz CT molecular complexity index is 971. The predicted octanol–water partition coefficient (Wildman–Crippen LogP) is 1.56. The Hall–Kier alpha value is -3.61. The largest absolute Gasteiger partial charge is 0.456 e. The van der Waals surface area contributed by atoms with Crippen molar-refractivity contribution in [1.29, 1.82) is 0 Å². The van der Waals surface area contributed by atoms with Crippen LogP contribution in [0, 0.1) is 0 Å². The molecule has 1 aromatic carbocycles. The smallest absolute Gasteiger partial charge is 0.423 e. The van der Waals surface area contributed by atoms with E-state index in [4.69, 9.17) is 10.9 Å². The molecule has 0 radical (unpaired) electrons. The number of amides is 3.